The third-order valence-corrected chi connectivity index (χ3v) is 6.86. The summed E-state index contributed by atoms with van der Waals surface area (Å²) < 4.78 is 6.29. The molecule has 0 saturated carbocycles. The number of benzene rings is 2. The van der Waals surface area contributed by atoms with Crippen molar-refractivity contribution >= 4 is 22.9 Å². The normalized spacial score (nSPS) is 18.4. The van der Waals surface area contributed by atoms with Crippen molar-refractivity contribution in [2.75, 3.05) is 13.7 Å². The van der Waals surface area contributed by atoms with Crippen molar-refractivity contribution < 1.29 is 29.3 Å². The highest BCUT2D eigenvalue weighted by Gasteiger charge is 2.50. The number of carboxylic acids is 2. The highest BCUT2D eigenvalue weighted by molar-refractivity contribution is 6.02. The van der Waals surface area contributed by atoms with Gasteiger partial charge in [-0.25, -0.2) is 9.59 Å². The zero-order valence-corrected chi connectivity index (χ0v) is 19.7. The van der Waals surface area contributed by atoms with Gasteiger partial charge in [0.25, 0.3) is 0 Å². The number of aliphatic hydroxyl groups is 1. The van der Waals surface area contributed by atoms with Crippen LogP contribution in [0.1, 0.15) is 25.0 Å². The van der Waals surface area contributed by atoms with E-state index in [1.807, 2.05) is 6.07 Å². The monoisotopic (exact) mass is 475 g/mol. The molecule has 180 valence electrons. The fourth-order valence-corrected chi connectivity index (χ4v) is 5.04. The summed E-state index contributed by atoms with van der Waals surface area (Å²) in [5.74, 6) is -2.39. The molecule has 2 heterocycles. The number of likely N-dealkylation sites (N-methyl/N-ethyl adjacent to an activating group) is 1. The second kappa shape index (κ2) is 8.56. The first-order valence-corrected chi connectivity index (χ1v) is 10.9. The van der Waals surface area contributed by atoms with E-state index < -0.39 is 24.0 Å². The van der Waals surface area contributed by atoms with Crippen molar-refractivity contribution in [3.63, 3.8) is 0 Å². The van der Waals surface area contributed by atoms with E-state index in [9.17, 15) is 29.7 Å². The van der Waals surface area contributed by atoms with E-state index in [0.717, 1.165) is 0 Å². The molecular formula is C27H25NO7. The van der Waals surface area contributed by atoms with Gasteiger partial charge >= 0.3 is 11.9 Å². The molecule has 0 radical (unpaired) electrons. The molecule has 0 fully saturated rings. The highest BCUT2D eigenvalue weighted by atomic mass is 16.4. The molecule has 4 rings (SSSR count). The Morgan fingerprint density at radius 2 is 1.60 bits per heavy atom. The first-order chi connectivity index (χ1) is 16.5. The summed E-state index contributed by atoms with van der Waals surface area (Å²) in [5.41, 5.74) is -0.883. The number of fused-ring (bicyclic) bond motifs is 1. The first kappa shape index (κ1) is 24.0. The zero-order valence-electron chi connectivity index (χ0n) is 19.7. The number of aliphatic hydroxyl groups excluding tert-OH is 1. The van der Waals surface area contributed by atoms with Gasteiger partial charge in [-0.2, -0.15) is 0 Å². The number of carbonyl (C=O) groups is 2. The lowest BCUT2D eigenvalue weighted by Gasteiger charge is -2.42. The summed E-state index contributed by atoms with van der Waals surface area (Å²) >= 11 is 0. The molecule has 8 nitrogen and oxygen atoms in total. The zero-order chi connectivity index (χ0) is 25.7. The summed E-state index contributed by atoms with van der Waals surface area (Å²) in [6.45, 7) is 4.05. The molecule has 0 spiro atoms. The smallest absolute Gasteiger partial charge is 0.334 e. The minimum Gasteiger partial charge on any atom is -0.478 e. The average Bonchev–Trinajstić information content (AvgIpc) is 2.83. The molecule has 3 aromatic rings. The Morgan fingerprint density at radius 3 is 2.17 bits per heavy atom. The summed E-state index contributed by atoms with van der Waals surface area (Å²) in [6, 6.07) is 13.7. The maximum absolute atomic E-state index is 13.4. The van der Waals surface area contributed by atoms with E-state index in [4.69, 9.17) is 4.42 Å². The fourth-order valence-electron chi connectivity index (χ4n) is 5.04. The number of aliphatic carboxylic acids is 2. The van der Waals surface area contributed by atoms with Gasteiger partial charge in [-0.15, -0.1) is 0 Å². The lowest BCUT2D eigenvalue weighted by atomic mass is 9.66. The molecule has 0 saturated heterocycles. The molecule has 2 aromatic carbocycles. The van der Waals surface area contributed by atoms with E-state index in [-0.39, 0.29) is 44.5 Å². The van der Waals surface area contributed by atoms with Crippen LogP contribution >= 0.6 is 0 Å². The molecule has 8 heteroatoms. The van der Waals surface area contributed by atoms with Crippen LogP contribution in [-0.4, -0.2) is 45.8 Å². The summed E-state index contributed by atoms with van der Waals surface area (Å²) in [5, 5.41) is 30.8. The van der Waals surface area contributed by atoms with E-state index in [1.54, 1.807) is 56.3 Å². The van der Waals surface area contributed by atoms with E-state index in [1.165, 1.54) is 18.9 Å². The summed E-state index contributed by atoms with van der Waals surface area (Å²) in [6.07, 6.45) is 0. The standard InChI is InChI=1S/C27H25NO7/c1-14-22(30)17-11-8-12-18(24(17)35-23(14)16-9-6-5-7-10-16)27(3)20(25(31)32)15(2)28(4)19(13-29)21(27)26(33)34/h5-12,29H,13H2,1-4H3,(H,31,32)(H,33,34). The van der Waals surface area contributed by atoms with Crippen LogP contribution in [0.25, 0.3) is 22.3 Å². The Kier molecular flexibility index (Phi) is 5.86. The summed E-state index contributed by atoms with van der Waals surface area (Å²) in [4.78, 5) is 39.9. The average molecular weight is 475 g/mol. The minimum atomic E-state index is -1.75. The number of para-hydroxylation sites is 1. The molecule has 0 aliphatic carbocycles. The molecule has 35 heavy (non-hydrogen) atoms. The molecule has 1 atom stereocenters. The van der Waals surface area contributed by atoms with Gasteiger partial charge in [0, 0.05) is 29.4 Å². The van der Waals surface area contributed by atoms with Crippen molar-refractivity contribution in [1.82, 2.24) is 4.90 Å². The Hall–Kier alpha value is -4.17. The molecule has 1 aromatic heterocycles. The third kappa shape index (κ3) is 3.45. The second-order valence-corrected chi connectivity index (χ2v) is 8.67. The molecule has 3 N–H and O–H groups in total. The fraction of sp³-hybridized carbons (Fsp3) is 0.222. The third-order valence-electron chi connectivity index (χ3n) is 6.86. The number of carboxylic acid groups (broad SMARTS) is 2. The number of hydrogen-bond acceptors (Lipinski definition) is 6. The van der Waals surface area contributed by atoms with E-state index >= 15 is 0 Å². The van der Waals surface area contributed by atoms with Crippen LogP contribution in [0.4, 0.5) is 0 Å². The quantitative estimate of drug-likeness (QED) is 0.510. The number of nitrogens with zero attached hydrogens (tertiary/aromatic N) is 1. The number of hydrogen-bond donors (Lipinski definition) is 3. The van der Waals surface area contributed by atoms with Gasteiger partial charge in [0.05, 0.1) is 34.3 Å². The van der Waals surface area contributed by atoms with Gasteiger partial charge in [0.15, 0.2) is 5.43 Å². The number of allylic oxidation sites excluding steroid dienone is 1. The Balaban J connectivity index is 2.20. The lowest BCUT2D eigenvalue weighted by Crippen LogP contribution is -2.44. The van der Waals surface area contributed by atoms with Crippen LogP contribution < -0.4 is 5.43 Å². The predicted molar refractivity (Wildman–Crippen MR) is 130 cm³/mol. The van der Waals surface area contributed by atoms with E-state index in [0.29, 0.717) is 16.9 Å². The molecule has 1 aliphatic rings. The maximum Gasteiger partial charge on any atom is 0.334 e. The van der Waals surface area contributed by atoms with Crippen molar-refractivity contribution in [1.29, 1.82) is 0 Å². The first-order valence-electron chi connectivity index (χ1n) is 10.9. The molecule has 0 bridgehead atoms. The van der Waals surface area contributed by atoms with Gasteiger partial charge in [-0.3, -0.25) is 4.79 Å². The molecule has 0 amide bonds. The largest absolute Gasteiger partial charge is 0.478 e. The van der Waals surface area contributed by atoms with Gasteiger partial charge in [-0.05, 0) is 26.8 Å². The van der Waals surface area contributed by atoms with Crippen LogP contribution in [0.2, 0.25) is 0 Å². The van der Waals surface area contributed by atoms with Gasteiger partial charge < -0.3 is 24.6 Å². The molecule has 1 unspecified atom stereocenters. The topological polar surface area (TPSA) is 128 Å². The van der Waals surface area contributed by atoms with Crippen molar-refractivity contribution in [3.8, 4) is 11.3 Å². The highest BCUT2D eigenvalue weighted by Crippen LogP contribution is 2.48. The Labute approximate surface area is 201 Å². The van der Waals surface area contributed by atoms with Crippen LogP contribution in [0.3, 0.4) is 0 Å². The predicted octanol–water partition coefficient (Wildman–Crippen LogP) is 3.66. The van der Waals surface area contributed by atoms with Gasteiger partial charge in [0.2, 0.25) is 0 Å². The Bertz CT molecular complexity index is 1500. The molecule has 1 aliphatic heterocycles. The Morgan fingerprint density at radius 1 is 0.971 bits per heavy atom. The van der Waals surface area contributed by atoms with Crippen molar-refractivity contribution in [2.24, 2.45) is 0 Å². The lowest BCUT2D eigenvalue weighted by molar-refractivity contribution is -0.134. The van der Waals surface area contributed by atoms with Gasteiger partial charge in [-0.1, -0.05) is 42.5 Å². The van der Waals surface area contributed by atoms with Gasteiger partial charge in [0.1, 0.15) is 11.3 Å². The molecular weight excluding hydrogens is 450 g/mol. The van der Waals surface area contributed by atoms with Crippen LogP contribution in [0.15, 0.2) is 80.3 Å². The van der Waals surface area contributed by atoms with Crippen molar-refractivity contribution in [2.45, 2.75) is 26.2 Å². The van der Waals surface area contributed by atoms with Crippen LogP contribution in [0.5, 0.6) is 0 Å². The van der Waals surface area contributed by atoms with Crippen LogP contribution in [0, 0.1) is 6.92 Å². The minimum absolute atomic E-state index is 0.0530. The second-order valence-electron chi connectivity index (χ2n) is 8.67. The SMILES string of the molecule is CC1=C(C(=O)O)C(C)(c2cccc3c(=O)c(C)c(-c4ccccc4)oc23)C(C(=O)O)=C(CO)N1C. The van der Waals surface area contributed by atoms with Crippen LogP contribution in [-0.2, 0) is 15.0 Å². The maximum atomic E-state index is 13.4. The van der Waals surface area contributed by atoms with Crippen molar-refractivity contribution in [3.05, 3.63) is 92.4 Å². The number of rotatable bonds is 5. The van der Waals surface area contributed by atoms with E-state index in [2.05, 4.69) is 0 Å². The summed E-state index contributed by atoms with van der Waals surface area (Å²) in [7, 11) is 1.51.